The predicted molar refractivity (Wildman–Crippen MR) is 91.9 cm³/mol. The lowest BCUT2D eigenvalue weighted by atomic mass is 10.2. The van der Waals surface area contributed by atoms with Gasteiger partial charge in [0, 0.05) is 24.2 Å². The Labute approximate surface area is 141 Å². The maximum absolute atomic E-state index is 12.3. The molecule has 0 fully saturated rings. The Morgan fingerprint density at radius 1 is 1.29 bits per heavy atom. The second-order valence-electron chi connectivity index (χ2n) is 5.25. The van der Waals surface area contributed by atoms with Crippen molar-refractivity contribution in [2.45, 2.75) is 6.42 Å². The first-order valence-electron chi connectivity index (χ1n) is 7.49. The molecule has 0 unspecified atom stereocenters. The van der Waals surface area contributed by atoms with Crippen LogP contribution in [0.4, 0.5) is 0 Å². The van der Waals surface area contributed by atoms with Crippen molar-refractivity contribution in [3.8, 4) is 10.6 Å². The summed E-state index contributed by atoms with van der Waals surface area (Å²) in [6, 6.07) is 9.24. The fourth-order valence-corrected chi connectivity index (χ4v) is 3.29. The van der Waals surface area contributed by atoms with E-state index in [1.54, 1.807) is 35.9 Å². The summed E-state index contributed by atoms with van der Waals surface area (Å²) in [5.41, 5.74) is 3.88. The summed E-state index contributed by atoms with van der Waals surface area (Å²) in [6.45, 7) is 0.524. The van der Waals surface area contributed by atoms with Crippen LogP contribution in [0, 0.1) is 0 Å². The van der Waals surface area contributed by atoms with E-state index in [0.29, 0.717) is 29.6 Å². The monoisotopic (exact) mass is 338 g/mol. The zero-order chi connectivity index (χ0) is 16.4. The number of nitrogens with zero attached hydrogens (tertiary/aromatic N) is 2. The van der Waals surface area contributed by atoms with Gasteiger partial charge in [0.25, 0.3) is 5.91 Å². The summed E-state index contributed by atoms with van der Waals surface area (Å²) in [5, 5.41) is 4.95. The molecule has 7 heteroatoms. The SMILES string of the molecule is O=C(NCCc1[nH]cnc1-c1cccs1)c1ccc2ocnc2c1. The van der Waals surface area contributed by atoms with Crippen molar-refractivity contribution in [1.29, 1.82) is 0 Å². The zero-order valence-corrected chi connectivity index (χ0v) is 13.5. The van der Waals surface area contributed by atoms with Crippen molar-refractivity contribution in [1.82, 2.24) is 20.3 Å². The molecule has 6 nitrogen and oxygen atoms in total. The van der Waals surface area contributed by atoms with Crippen LogP contribution < -0.4 is 5.32 Å². The molecule has 4 aromatic rings. The van der Waals surface area contributed by atoms with Crippen LogP contribution in [-0.2, 0) is 6.42 Å². The fraction of sp³-hybridized carbons (Fsp3) is 0.118. The number of hydrogen-bond donors (Lipinski definition) is 2. The minimum Gasteiger partial charge on any atom is -0.443 e. The summed E-state index contributed by atoms with van der Waals surface area (Å²) >= 11 is 1.65. The van der Waals surface area contributed by atoms with Gasteiger partial charge in [-0.1, -0.05) is 6.07 Å². The smallest absolute Gasteiger partial charge is 0.251 e. The van der Waals surface area contributed by atoms with Crippen molar-refractivity contribution >= 4 is 28.3 Å². The van der Waals surface area contributed by atoms with Crippen LogP contribution in [-0.4, -0.2) is 27.4 Å². The maximum atomic E-state index is 12.3. The van der Waals surface area contributed by atoms with E-state index in [0.717, 1.165) is 16.3 Å². The number of H-pyrrole nitrogens is 1. The number of rotatable bonds is 5. The summed E-state index contributed by atoms with van der Waals surface area (Å²) in [5.74, 6) is -0.128. The highest BCUT2D eigenvalue weighted by Crippen LogP contribution is 2.25. The quantitative estimate of drug-likeness (QED) is 0.585. The van der Waals surface area contributed by atoms with E-state index >= 15 is 0 Å². The second kappa shape index (κ2) is 6.29. The van der Waals surface area contributed by atoms with Crippen LogP contribution in [0.3, 0.4) is 0 Å². The molecular formula is C17H14N4O2S. The van der Waals surface area contributed by atoms with Gasteiger partial charge in [-0.2, -0.15) is 0 Å². The van der Waals surface area contributed by atoms with Crippen molar-refractivity contribution in [3.63, 3.8) is 0 Å². The van der Waals surface area contributed by atoms with Crippen LogP contribution in [0.25, 0.3) is 21.7 Å². The van der Waals surface area contributed by atoms with Gasteiger partial charge >= 0.3 is 0 Å². The lowest BCUT2D eigenvalue weighted by molar-refractivity contribution is 0.0954. The molecule has 2 N–H and O–H groups in total. The second-order valence-corrected chi connectivity index (χ2v) is 6.20. The third kappa shape index (κ3) is 2.81. The van der Waals surface area contributed by atoms with Crippen LogP contribution in [0.1, 0.15) is 16.1 Å². The van der Waals surface area contributed by atoms with Gasteiger partial charge in [-0.3, -0.25) is 4.79 Å². The number of oxazole rings is 1. The van der Waals surface area contributed by atoms with Gasteiger partial charge in [0.2, 0.25) is 0 Å². The number of thiophene rings is 1. The number of hydrogen-bond acceptors (Lipinski definition) is 5. The molecule has 0 saturated carbocycles. The maximum Gasteiger partial charge on any atom is 0.251 e. The predicted octanol–water partition coefficient (Wildman–Crippen LogP) is 3.25. The summed E-state index contributed by atoms with van der Waals surface area (Å²) < 4.78 is 5.18. The number of benzene rings is 1. The minimum atomic E-state index is -0.128. The van der Waals surface area contributed by atoms with Crippen molar-refractivity contribution in [3.05, 3.63) is 59.7 Å². The Morgan fingerprint density at radius 2 is 2.25 bits per heavy atom. The average molecular weight is 338 g/mol. The van der Waals surface area contributed by atoms with Crippen LogP contribution >= 0.6 is 11.3 Å². The molecular weight excluding hydrogens is 324 g/mol. The number of aromatic amines is 1. The Hall–Kier alpha value is -2.93. The highest BCUT2D eigenvalue weighted by Gasteiger charge is 2.11. The fourth-order valence-electron chi connectivity index (χ4n) is 2.54. The molecule has 0 aliphatic heterocycles. The van der Waals surface area contributed by atoms with Gasteiger partial charge < -0.3 is 14.7 Å². The molecule has 0 aliphatic rings. The number of nitrogens with one attached hydrogen (secondary N) is 2. The van der Waals surface area contributed by atoms with E-state index < -0.39 is 0 Å². The summed E-state index contributed by atoms with van der Waals surface area (Å²) in [7, 11) is 0. The molecule has 0 atom stereocenters. The van der Waals surface area contributed by atoms with Gasteiger partial charge in [0.15, 0.2) is 12.0 Å². The van der Waals surface area contributed by atoms with E-state index in [9.17, 15) is 4.79 Å². The molecule has 0 radical (unpaired) electrons. The standard InChI is InChI=1S/C17H14N4O2S/c22-17(11-3-4-14-13(8-11)21-10-23-14)18-6-5-12-16(20-9-19-12)15-2-1-7-24-15/h1-4,7-10H,5-6H2,(H,18,22)(H,19,20). The highest BCUT2D eigenvalue weighted by atomic mass is 32.1. The third-order valence-corrected chi connectivity index (χ3v) is 4.60. The molecule has 1 aromatic carbocycles. The van der Waals surface area contributed by atoms with Crippen LogP contribution in [0.2, 0.25) is 0 Å². The molecule has 0 saturated heterocycles. The molecule has 0 aliphatic carbocycles. The molecule has 4 rings (SSSR count). The molecule has 24 heavy (non-hydrogen) atoms. The largest absolute Gasteiger partial charge is 0.443 e. The van der Waals surface area contributed by atoms with E-state index in [1.165, 1.54) is 6.39 Å². The van der Waals surface area contributed by atoms with Crippen LogP contribution in [0.15, 0.2) is 52.9 Å². The normalized spacial score (nSPS) is 11.0. The lowest BCUT2D eigenvalue weighted by Gasteiger charge is -2.05. The van der Waals surface area contributed by atoms with E-state index in [-0.39, 0.29) is 5.91 Å². The highest BCUT2D eigenvalue weighted by molar-refractivity contribution is 7.13. The number of aromatic nitrogens is 3. The average Bonchev–Trinajstić information content (AvgIpc) is 3.34. The van der Waals surface area contributed by atoms with Gasteiger partial charge in [-0.25, -0.2) is 9.97 Å². The first-order valence-corrected chi connectivity index (χ1v) is 8.37. The van der Waals surface area contributed by atoms with Crippen molar-refractivity contribution in [2.75, 3.05) is 6.54 Å². The van der Waals surface area contributed by atoms with Gasteiger partial charge in [0.1, 0.15) is 11.2 Å². The summed E-state index contributed by atoms with van der Waals surface area (Å²) in [4.78, 5) is 25.0. The Balaban J connectivity index is 1.40. The molecule has 1 amide bonds. The lowest BCUT2D eigenvalue weighted by Crippen LogP contribution is -2.25. The first kappa shape index (κ1) is 14.6. The van der Waals surface area contributed by atoms with Crippen molar-refractivity contribution < 1.29 is 9.21 Å². The van der Waals surface area contributed by atoms with Crippen molar-refractivity contribution in [2.24, 2.45) is 0 Å². The molecule has 3 aromatic heterocycles. The first-order chi connectivity index (χ1) is 11.8. The van der Waals surface area contributed by atoms with E-state index in [1.807, 2.05) is 17.5 Å². The molecule has 0 bridgehead atoms. The van der Waals surface area contributed by atoms with Gasteiger partial charge in [0.05, 0.1) is 11.2 Å². The van der Waals surface area contributed by atoms with E-state index in [2.05, 4.69) is 20.3 Å². The number of carbonyl (C=O) groups excluding carboxylic acids is 1. The Bertz CT molecular complexity index is 971. The molecule has 0 spiro atoms. The Kier molecular flexibility index (Phi) is 3.84. The number of amides is 1. The molecule has 3 heterocycles. The minimum absolute atomic E-state index is 0.128. The number of fused-ring (bicyclic) bond motifs is 1. The van der Waals surface area contributed by atoms with Crippen LogP contribution in [0.5, 0.6) is 0 Å². The number of carbonyl (C=O) groups is 1. The third-order valence-electron chi connectivity index (χ3n) is 3.73. The Morgan fingerprint density at radius 3 is 3.12 bits per heavy atom. The molecule has 120 valence electrons. The van der Waals surface area contributed by atoms with Gasteiger partial charge in [-0.05, 0) is 29.6 Å². The number of imidazole rings is 1. The van der Waals surface area contributed by atoms with E-state index in [4.69, 9.17) is 4.42 Å². The van der Waals surface area contributed by atoms with Gasteiger partial charge in [-0.15, -0.1) is 11.3 Å². The summed E-state index contributed by atoms with van der Waals surface area (Å²) in [6.07, 6.45) is 3.74. The topological polar surface area (TPSA) is 83.8 Å². The zero-order valence-electron chi connectivity index (χ0n) is 12.7.